The molecule has 4 rings (SSSR count). The Bertz CT molecular complexity index is 1020. The van der Waals surface area contributed by atoms with Crippen molar-refractivity contribution in [2.45, 2.75) is 6.92 Å². The second kappa shape index (κ2) is 4.20. The maximum absolute atomic E-state index is 12.0. The first-order valence-corrected chi connectivity index (χ1v) is 6.40. The Morgan fingerprint density at radius 1 is 1.10 bits per heavy atom. The van der Waals surface area contributed by atoms with Crippen molar-refractivity contribution in [2.75, 3.05) is 0 Å². The molecule has 0 fully saturated rings. The SMILES string of the molecule is Cc1nnc2n(cnc3cc(-c4ccccc4)nn32)c1=O. The van der Waals surface area contributed by atoms with Crippen LogP contribution in [0.5, 0.6) is 0 Å². The van der Waals surface area contributed by atoms with Gasteiger partial charge in [-0.05, 0) is 6.92 Å². The van der Waals surface area contributed by atoms with Gasteiger partial charge in [0.05, 0.1) is 5.69 Å². The summed E-state index contributed by atoms with van der Waals surface area (Å²) >= 11 is 0. The topological polar surface area (TPSA) is 77.4 Å². The molecule has 0 aliphatic carbocycles. The highest BCUT2D eigenvalue weighted by molar-refractivity contribution is 5.64. The van der Waals surface area contributed by atoms with Crippen LogP contribution in [-0.2, 0) is 0 Å². The Labute approximate surface area is 118 Å². The molecule has 0 bridgehead atoms. The molecule has 4 aromatic rings. The smallest absolute Gasteiger partial charge is 0.267 e. The number of nitrogens with zero attached hydrogens (tertiary/aromatic N) is 6. The van der Waals surface area contributed by atoms with Crippen molar-refractivity contribution >= 4 is 11.4 Å². The summed E-state index contributed by atoms with van der Waals surface area (Å²) in [5.41, 5.74) is 2.44. The number of fused-ring (bicyclic) bond motifs is 3. The van der Waals surface area contributed by atoms with Crippen LogP contribution in [0.1, 0.15) is 5.69 Å². The second-order valence-corrected chi connectivity index (χ2v) is 4.67. The zero-order chi connectivity index (χ0) is 14.4. The van der Waals surface area contributed by atoms with Gasteiger partial charge in [-0.25, -0.2) is 9.38 Å². The second-order valence-electron chi connectivity index (χ2n) is 4.67. The average molecular weight is 278 g/mol. The van der Waals surface area contributed by atoms with Gasteiger partial charge >= 0.3 is 0 Å². The number of hydrogen-bond acceptors (Lipinski definition) is 5. The molecule has 0 aliphatic heterocycles. The molecule has 0 unspecified atom stereocenters. The van der Waals surface area contributed by atoms with Crippen LogP contribution >= 0.6 is 0 Å². The van der Waals surface area contributed by atoms with Crippen molar-refractivity contribution in [3.8, 4) is 11.3 Å². The molecule has 0 radical (unpaired) electrons. The molecule has 0 saturated heterocycles. The van der Waals surface area contributed by atoms with Crippen molar-refractivity contribution in [2.24, 2.45) is 0 Å². The van der Waals surface area contributed by atoms with E-state index < -0.39 is 0 Å². The summed E-state index contributed by atoms with van der Waals surface area (Å²) in [6.07, 6.45) is 1.45. The minimum atomic E-state index is -0.244. The molecule has 3 heterocycles. The van der Waals surface area contributed by atoms with E-state index in [4.69, 9.17) is 0 Å². The van der Waals surface area contributed by atoms with Crippen LogP contribution < -0.4 is 5.56 Å². The van der Waals surface area contributed by atoms with Gasteiger partial charge in [0.2, 0.25) is 0 Å². The Kier molecular flexibility index (Phi) is 2.34. The Morgan fingerprint density at radius 2 is 1.90 bits per heavy atom. The molecule has 0 N–H and O–H groups in total. The molecule has 0 spiro atoms. The maximum Gasteiger partial charge on any atom is 0.282 e. The summed E-state index contributed by atoms with van der Waals surface area (Å²) in [6.45, 7) is 1.62. The largest absolute Gasteiger partial charge is 0.282 e. The maximum atomic E-state index is 12.0. The molecule has 21 heavy (non-hydrogen) atoms. The van der Waals surface area contributed by atoms with Crippen LogP contribution in [-0.4, -0.2) is 29.2 Å². The van der Waals surface area contributed by atoms with Gasteiger partial charge in [-0.15, -0.1) is 10.2 Å². The summed E-state index contributed by atoms with van der Waals surface area (Å²) in [7, 11) is 0. The van der Waals surface area contributed by atoms with Crippen LogP contribution in [0, 0.1) is 6.92 Å². The molecule has 0 aliphatic rings. The summed E-state index contributed by atoms with van der Waals surface area (Å²) in [5, 5.41) is 12.4. The zero-order valence-electron chi connectivity index (χ0n) is 11.1. The van der Waals surface area contributed by atoms with Crippen molar-refractivity contribution in [3.63, 3.8) is 0 Å². The van der Waals surface area contributed by atoms with Crippen molar-refractivity contribution in [1.29, 1.82) is 0 Å². The summed E-state index contributed by atoms with van der Waals surface area (Å²) in [4.78, 5) is 16.3. The Morgan fingerprint density at radius 3 is 2.71 bits per heavy atom. The third-order valence-corrected chi connectivity index (χ3v) is 3.29. The molecular weight excluding hydrogens is 268 g/mol. The first kappa shape index (κ1) is 11.7. The third kappa shape index (κ3) is 1.71. The van der Waals surface area contributed by atoms with Crippen molar-refractivity contribution in [1.82, 2.24) is 29.2 Å². The fourth-order valence-electron chi connectivity index (χ4n) is 2.20. The number of rotatable bonds is 1. The van der Waals surface area contributed by atoms with E-state index >= 15 is 0 Å². The van der Waals surface area contributed by atoms with Crippen LogP contribution in [0.15, 0.2) is 47.5 Å². The summed E-state index contributed by atoms with van der Waals surface area (Å²) < 4.78 is 2.87. The molecule has 3 aromatic heterocycles. The predicted molar refractivity (Wildman–Crippen MR) is 76.0 cm³/mol. The number of hydrogen-bond donors (Lipinski definition) is 0. The van der Waals surface area contributed by atoms with E-state index in [0.717, 1.165) is 11.3 Å². The van der Waals surface area contributed by atoms with Crippen molar-refractivity contribution in [3.05, 3.63) is 58.8 Å². The van der Waals surface area contributed by atoms with Crippen molar-refractivity contribution < 1.29 is 0 Å². The average Bonchev–Trinajstić information content (AvgIpc) is 2.96. The Hall–Kier alpha value is -3.09. The van der Waals surface area contributed by atoms with E-state index in [1.54, 1.807) is 6.92 Å². The summed E-state index contributed by atoms with van der Waals surface area (Å²) in [6, 6.07) is 11.6. The normalized spacial score (nSPS) is 11.3. The molecule has 102 valence electrons. The van der Waals surface area contributed by atoms with Gasteiger partial charge in [-0.1, -0.05) is 30.3 Å². The molecule has 0 atom stereocenters. The molecule has 7 nitrogen and oxygen atoms in total. The van der Waals surface area contributed by atoms with E-state index in [-0.39, 0.29) is 5.56 Å². The van der Waals surface area contributed by atoms with Crippen LogP contribution in [0.4, 0.5) is 0 Å². The van der Waals surface area contributed by atoms with Gasteiger partial charge in [0.25, 0.3) is 11.3 Å². The highest BCUT2D eigenvalue weighted by atomic mass is 16.1. The first-order valence-electron chi connectivity index (χ1n) is 6.40. The lowest BCUT2D eigenvalue weighted by Gasteiger charge is -2.00. The van der Waals surface area contributed by atoms with Crippen LogP contribution in [0.25, 0.3) is 22.7 Å². The summed E-state index contributed by atoms with van der Waals surface area (Å²) in [5.74, 6) is 0.345. The zero-order valence-corrected chi connectivity index (χ0v) is 11.1. The monoisotopic (exact) mass is 278 g/mol. The van der Waals surface area contributed by atoms with E-state index in [1.807, 2.05) is 36.4 Å². The third-order valence-electron chi connectivity index (χ3n) is 3.29. The minimum Gasteiger partial charge on any atom is -0.267 e. The van der Waals surface area contributed by atoms with Gasteiger partial charge in [-0.2, -0.15) is 9.61 Å². The van der Waals surface area contributed by atoms with Crippen LogP contribution in [0.3, 0.4) is 0 Å². The highest BCUT2D eigenvalue weighted by Crippen LogP contribution is 2.18. The van der Waals surface area contributed by atoms with Gasteiger partial charge in [0.15, 0.2) is 5.65 Å². The first-order chi connectivity index (χ1) is 10.2. The van der Waals surface area contributed by atoms with Gasteiger partial charge in [0, 0.05) is 11.6 Å². The predicted octanol–water partition coefficient (Wildman–Crippen LogP) is 1.11. The molecular formula is C14H10N6O. The fraction of sp³-hybridized carbons (Fsp3) is 0.0714. The standard InChI is InChI=1S/C14H10N6O/c1-9-13(21)19-8-15-12-7-11(10-5-3-2-4-6-10)18-20(12)14(19)17-16-9/h2-8H,1H3. The molecule has 1 aromatic carbocycles. The number of aromatic nitrogens is 6. The van der Waals surface area contributed by atoms with E-state index in [0.29, 0.717) is 17.1 Å². The van der Waals surface area contributed by atoms with Gasteiger partial charge in [0.1, 0.15) is 12.0 Å². The van der Waals surface area contributed by atoms with Crippen LogP contribution in [0.2, 0.25) is 0 Å². The minimum absolute atomic E-state index is 0.244. The Balaban J connectivity index is 2.06. The lowest BCUT2D eigenvalue weighted by molar-refractivity contribution is 0.801. The lowest BCUT2D eigenvalue weighted by Crippen LogP contribution is -2.22. The molecule has 0 saturated carbocycles. The quantitative estimate of drug-likeness (QED) is 0.521. The molecule has 7 heteroatoms. The molecule has 0 amide bonds. The number of benzene rings is 1. The van der Waals surface area contributed by atoms with Gasteiger partial charge < -0.3 is 0 Å². The lowest BCUT2D eigenvalue weighted by atomic mass is 10.2. The van der Waals surface area contributed by atoms with E-state index in [9.17, 15) is 4.79 Å². The highest BCUT2D eigenvalue weighted by Gasteiger charge is 2.11. The van der Waals surface area contributed by atoms with E-state index in [1.165, 1.54) is 15.2 Å². The van der Waals surface area contributed by atoms with Gasteiger partial charge in [-0.3, -0.25) is 4.79 Å². The number of aryl methyl sites for hydroxylation is 1. The fourth-order valence-corrected chi connectivity index (χ4v) is 2.20. The van der Waals surface area contributed by atoms with E-state index in [2.05, 4.69) is 20.3 Å².